The maximum absolute atomic E-state index is 12.8. The number of hydrogen-bond donors (Lipinski definition) is 5. The van der Waals surface area contributed by atoms with E-state index in [-0.39, 0.29) is 20.9 Å². The van der Waals surface area contributed by atoms with E-state index in [2.05, 4.69) is 40.6 Å². The molecule has 0 aliphatic heterocycles. The summed E-state index contributed by atoms with van der Waals surface area (Å²) in [6.07, 6.45) is 4.40. The van der Waals surface area contributed by atoms with Gasteiger partial charge < -0.3 is 10.7 Å². The summed E-state index contributed by atoms with van der Waals surface area (Å²) in [6, 6.07) is 23.5. The van der Waals surface area contributed by atoms with E-state index in [9.17, 15) is 16.8 Å². The van der Waals surface area contributed by atoms with E-state index in [0.29, 0.717) is 28.6 Å². The third-order valence-electron chi connectivity index (χ3n) is 6.49. The molecule has 5 N–H and O–H groups in total. The summed E-state index contributed by atoms with van der Waals surface area (Å²) in [5.74, 6) is 0.463. The number of para-hydroxylation sites is 1. The Morgan fingerprint density at radius 2 is 1.33 bits per heavy atom. The molecule has 46 heavy (non-hydrogen) atoms. The molecular formula is C29H26N10O4S3. The van der Waals surface area contributed by atoms with Crippen molar-refractivity contribution in [2.45, 2.75) is 16.7 Å². The molecule has 0 spiro atoms. The Hall–Kier alpha value is -5.52. The number of aromatic nitrogens is 5. The van der Waals surface area contributed by atoms with Gasteiger partial charge in [-0.3, -0.25) is 10.1 Å². The number of anilines is 6. The molecule has 0 bridgehead atoms. The molecule has 0 saturated carbocycles. The van der Waals surface area contributed by atoms with Crippen LogP contribution in [-0.4, -0.2) is 41.6 Å². The monoisotopic (exact) mass is 674 g/mol. The van der Waals surface area contributed by atoms with Crippen molar-refractivity contribution in [1.29, 1.82) is 0 Å². The highest BCUT2D eigenvalue weighted by Crippen LogP contribution is 2.31. The standard InChI is InChI=1S/C29H26N10O4S3/c1-20-26(35-34-22-8-12-24(13-9-22)45(40,41)37-28-30-16-5-17-31-28)27(33-21-6-3-2-4-7-21)36-39(20)23-10-14-25(15-11-23)46(42,43)38-29-32-18-19-44-29/h2-19,34-35H,1H3,(H,32,38)(H,33,36)(H,30,31,37). The van der Waals surface area contributed by atoms with Crippen LogP contribution in [0.25, 0.3) is 5.69 Å². The summed E-state index contributed by atoms with van der Waals surface area (Å²) >= 11 is 1.19. The zero-order valence-corrected chi connectivity index (χ0v) is 26.4. The van der Waals surface area contributed by atoms with Gasteiger partial charge in [-0.1, -0.05) is 18.2 Å². The number of thiazole rings is 1. The molecule has 0 unspecified atom stereocenters. The summed E-state index contributed by atoms with van der Waals surface area (Å²) in [5, 5.41) is 10.0. The first-order valence-corrected chi connectivity index (χ1v) is 17.4. The molecule has 0 aliphatic rings. The van der Waals surface area contributed by atoms with Gasteiger partial charge in [-0.2, -0.15) is 0 Å². The van der Waals surface area contributed by atoms with E-state index in [0.717, 1.165) is 5.69 Å². The van der Waals surface area contributed by atoms with Gasteiger partial charge in [0, 0.05) is 29.7 Å². The van der Waals surface area contributed by atoms with Gasteiger partial charge in [-0.05, 0) is 73.7 Å². The lowest BCUT2D eigenvalue weighted by Gasteiger charge is -2.13. The number of nitrogens with one attached hydrogen (secondary N) is 5. The van der Waals surface area contributed by atoms with Crippen molar-refractivity contribution in [3.63, 3.8) is 0 Å². The van der Waals surface area contributed by atoms with Gasteiger partial charge in [-0.15, -0.1) is 16.4 Å². The summed E-state index contributed by atoms with van der Waals surface area (Å²) in [6.45, 7) is 1.86. The average Bonchev–Trinajstić information content (AvgIpc) is 3.68. The Kier molecular flexibility index (Phi) is 8.51. The summed E-state index contributed by atoms with van der Waals surface area (Å²) in [5.41, 5.74) is 9.58. The van der Waals surface area contributed by atoms with Crippen LogP contribution >= 0.6 is 11.3 Å². The zero-order valence-electron chi connectivity index (χ0n) is 24.0. The Bertz CT molecular complexity index is 2140. The van der Waals surface area contributed by atoms with Crippen molar-refractivity contribution in [1.82, 2.24) is 24.7 Å². The van der Waals surface area contributed by atoms with Gasteiger partial charge in [0.2, 0.25) is 5.95 Å². The third-order valence-corrected chi connectivity index (χ3v) is 10.0. The van der Waals surface area contributed by atoms with Crippen LogP contribution in [0.4, 0.5) is 34.0 Å². The molecule has 0 atom stereocenters. The molecule has 234 valence electrons. The van der Waals surface area contributed by atoms with Crippen molar-refractivity contribution in [2.75, 3.05) is 25.6 Å². The average molecular weight is 675 g/mol. The lowest BCUT2D eigenvalue weighted by molar-refractivity contribution is 0.599. The fourth-order valence-corrected chi connectivity index (χ4v) is 6.99. The van der Waals surface area contributed by atoms with Crippen LogP contribution in [0.2, 0.25) is 0 Å². The lowest BCUT2D eigenvalue weighted by atomic mass is 10.3. The molecule has 0 fully saturated rings. The van der Waals surface area contributed by atoms with Crippen molar-refractivity contribution < 1.29 is 16.8 Å². The number of benzene rings is 3. The molecular weight excluding hydrogens is 649 g/mol. The normalized spacial score (nSPS) is 11.5. The minimum absolute atomic E-state index is 0.0269. The van der Waals surface area contributed by atoms with Crippen molar-refractivity contribution in [2.24, 2.45) is 0 Å². The molecule has 3 heterocycles. The summed E-state index contributed by atoms with van der Waals surface area (Å²) < 4.78 is 57.6. The predicted molar refractivity (Wildman–Crippen MR) is 177 cm³/mol. The number of rotatable bonds is 12. The van der Waals surface area contributed by atoms with Gasteiger partial charge in [-0.25, -0.2) is 41.2 Å². The molecule has 6 aromatic rings. The molecule has 0 saturated heterocycles. The SMILES string of the molecule is Cc1c(NNc2ccc(S(=O)(=O)Nc3ncccn3)cc2)c(Nc2ccccc2)nn1-c1ccc(S(=O)(=O)Nc2nccs2)cc1. The minimum atomic E-state index is -3.89. The van der Waals surface area contributed by atoms with E-state index in [1.165, 1.54) is 54.2 Å². The maximum atomic E-state index is 12.8. The second-order valence-electron chi connectivity index (χ2n) is 9.60. The van der Waals surface area contributed by atoms with Crippen molar-refractivity contribution in [3.8, 4) is 5.69 Å². The van der Waals surface area contributed by atoms with Crippen molar-refractivity contribution in [3.05, 3.63) is 115 Å². The lowest BCUT2D eigenvalue weighted by Crippen LogP contribution is -2.15. The van der Waals surface area contributed by atoms with Crippen molar-refractivity contribution >= 4 is 65.3 Å². The van der Waals surface area contributed by atoms with E-state index in [1.807, 2.05) is 37.3 Å². The largest absolute Gasteiger partial charge is 0.337 e. The topological polar surface area (TPSA) is 185 Å². The molecule has 0 radical (unpaired) electrons. The van der Waals surface area contributed by atoms with Gasteiger partial charge in [0.1, 0.15) is 5.69 Å². The van der Waals surface area contributed by atoms with E-state index < -0.39 is 20.0 Å². The van der Waals surface area contributed by atoms with Gasteiger partial charge in [0.25, 0.3) is 20.0 Å². The van der Waals surface area contributed by atoms with Crippen LogP contribution in [0, 0.1) is 6.92 Å². The Labute approximate surface area is 268 Å². The number of nitrogens with zero attached hydrogens (tertiary/aromatic N) is 5. The minimum Gasteiger partial charge on any atom is -0.337 e. The molecule has 3 aromatic carbocycles. The van der Waals surface area contributed by atoms with E-state index in [4.69, 9.17) is 5.10 Å². The highest BCUT2D eigenvalue weighted by atomic mass is 32.2. The second-order valence-corrected chi connectivity index (χ2v) is 13.9. The van der Waals surface area contributed by atoms with Crippen LogP contribution in [-0.2, 0) is 20.0 Å². The van der Waals surface area contributed by atoms with Gasteiger partial charge in [0.15, 0.2) is 10.9 Å². The highest BCUT2D eigenvalue weighted by Gasteiger charge is 2.20. The van der Waals surface area contributed by atoms with Gasteiger partial charge >= 0.3 is 0 Å². The second kappa shape index (κ2) is 12.8. The molecule has 0 aliphatic carbocycles. The third kappa shape index (κ3) is 6.90. The first-order valence-electron chi connectivity index (χ1n) is 13.5. The smallest absolute Gasteiger partial charge is 0.264 e. The number of hydrazine groups is 1. The summed E-state index contributed by atoms with van der Waals surface area (Å²) in [4.78, 5) is 11.9. The molecule has 0 amide bonds. The molecule has 14 nitrogen and oxygen atoms in total. The number of hydrogen-bond acceptors (Lipinski definition) is 12. The molecule has 17 heteroatoms. The Balaban J connectivity index is 1.23. The quantitative estimate of drug-likeness (QED) is 0.107. The number of sulfonamides is 2. The van der Waals surface area contributed by atoms with Crippen LogP contribution in [0.5, 0.6) is 0 Å². The fraction of sp³-hybridized carbons (Fsp3) is 0.0345. The fourth-order valence-electron chi connectivity index (χ4n) is 4.25. The first-order chi connectivity index (χ1) is 22.2. The zero-order chi connectivity index (χ0) is 32.1. The maximum Gasteiger partial charge on any atom is 0.264 e. The van der Waals surface area contributed by atoms with Crippen LogP contribution < -0.4 is 25.6 Å². The van der Waals surface area contributed by atoms with Crippen LogP contribution in [0.1, 0.15) is 5.69 Å². The van der Waals surface area contributed by atoms with Gasteiger partial charge in [0.05, 0.1) is 26.9 Å². The van der Waals surface area contributed by atoms with E-state index >= 15 is 0 Å². The summed E-state index contributed by atoms with van der Waals surface area (Å²) in [7, 11) is -7.71. The Morgan fingerprint density at radius 3 is 1.98 bits per heavy atom. The molecule has 3 aromatic heterocycles. The van der Waals surface area contributed by atoms with Crippen LogP contribution in [0.15, 0.2) is 119 Å². The van der Waals surface area contributed by atoms with Crippen LogP contribution in [0.3, 0.4) is 0 Å². The highest BCUT2D eigenvalue weighted by molar-refractivity contribution is 7.93. The first kappa shape index (κ1) is 30.5. The van der Waals surface area contributed by atoms with E-state index in [1.54, 1.807) is 40.4 Å². The Morgan fingerprint density at radius 1 is 0.674 bits per heavy atom. The molecule has 6 rings (SSSR count). The predicted octanol–water partition coefficient (Wildman–Crippen LogP) is 5.21.